The van der Waals surface area contributed by atoms with E-state index in [2.05, 4.69) is 31.6 Å². The lowest BCUT2D eigenvalue weighted by molar-refractivity contribution is 0.739. The Morgan fingerprint density at radius 1 is 1.21 bits per heavy atom. The molecule has 0 aliphatic carbocycles. The smallest absolute Gasteiger partial charge is 0.118 e. The highest BCUT2D eigenvalue weighted by molar-refractivity contribution is 7.78. The lowest BCUT2D eigenvalue weighted by Crippen LogP contribution is -1.97. The maximum Gasteiger partial charge on any atom is 0.118 e. The highest BCUT2D eigenvalue weighted by Gasteiger charge is 2.05. The number of hydrogen-bond donors (Lipinski definition) is 1. The van der Waals surface area contributed by atoms with Gasteiger partial charge in [0.25, 0.3) is 0 Å². The van der Waals surface area contributed by atoms with Crippen molar-refractivity contribution in [2.75, 3.05) is 0 Å². The van der Waals surface area contributed by atoms with Gasteiger partial charge in [0.2, 0.25) is 0 Å². The van der Waals surface area contributed by atoms with E-state index in [-0.39, 0.29) is 0 Å². The Labute approximate surface area is 92.3 Å². The Balaban J connectivity index is 2.55. The molecule has 0 N–H and O–H groups in total. The van der Waals surface area contributed by atoms with Crippen LogP contribution in [0.25, 0.3) is 0 Å². The van der Waals surface area contributed by atoms with Crippen molar-refractivity contribution in [1.82, 2.24) is 8.96 Å². The Kier molecular flexibility index (Phi) is 5.09. The van der Waals surface area contributed by atoms with Crippen LogP contribution in [0.1, 0.15) is 51.0 Å². The van der Waals surface area contributed by atoms with Crippen LogP contribution >= 0.6 is 12.8 Å². The minimum absolute atomic E-state index is 1.05. The first-order valence-corrected chi connectivity index (χ1v) is 5.94. The zero-order valence-electron chi connectivity index (χ0n) is 9.16. The number of thiol groups is 1. The highest BCUT2D eigenvalue weighted by Crippen LogP contribution is 2.12. The lowest BCUT2D eigenvalue weighted by Gasteiger charge is -2.03. The van der Waals surface area contributed by atoms with Crippen LogP contribution in [0.4, 0.5) is 0 Å². The summed E-state index contributed by atoms with van der Waals surface area (Å²) in [4.78, 5) is 4.39. The summed E-state index contributed by atoms with van der Waals surface area (Å²) < 4.78 is 1.96. The summed E-state index contributed by atoms with van der Waals surface area (Å²) in [6.45, 7) is 4.40. The minimum Gasteiger partial charge on any atom is -0.277 e. The van der Waals surface area contributed by atoms with Crippen LogP contribution in [0, 0.1) is 0 Å². The number of aryl methyl sites for hydroxylation is 2. The van der Waals surface area contributed by atoms with Crippen molar-refractivity contribution in [2.24, 2.45) is 0 Å². The van der Waals surface area contributed by atoms with Gasteiger partial charge < -0.3 is 0 Å². The van der Waals surface area contributed by atoms with Crippen molar-refractivity contribution < 1.29 is 0 Å². The third-order valence-electron chi connectivity index (χ3n) is 2.42. The number of imidazole rings is 1. The summed E-state index contributed by atoms with van der Waals surface area (Å²) in [5.41, 5.74) is 1.25. The molecule has 3 heteroatoms. The minimum atomic E-state index is 1.05. The molecule has 0 radical (unpaired) electrons. The SMILES string of the molecule is CCCCc1cnc(CCCC)n1S. The number of nitrogens with zero attached hydrogens (tertiary/aromatic N) is 2. The van der Waals surface area contributed by atoms with Crippen molar-refractivity contribution in [1.29, 1.82) is 0 Å². The fourth-order valence-corrected chi connectivity index (χ4v) is 1.76. The molecule has 14 heavy (non-hydrogen) atoms. The first kappa shape index (κ1) is 11.6. The third kappa shape index (κ3) is 3.05. The molecule has 1 rings (SSSR count). The summed E-state index contributed by atoms with van der Waals surface area (Å²) in [7, 11) is 0. The predicted octanol–water partition coefficient (Wildman–Crippen LogP) is 3.26. The van der Waals surface area contributed by atoms with Gasteiger partial charge in [-0.3, -0.25) is 3.97 Å². The summed E-state index contributed by atoms with van der Waals surface area (Å²) in [6.07, 6.45) is 8.97. The average molecular weight is 212 g/mol. The van der Waals surface area contributed by atoms with Crippen molar-refractivity contribution in [3.8, 4) is 0 Å². The second-order valence-electron chi connectivity index (χ2n) is 3.68. The van der Waals surface area contributed by atoms with Crippen LogP contribution < -0.4 is 0 Å². The van der Waals surface area contributed by atoms with Crippen molar-refractivity contribution in [3.05, 3.63) is 17.7 Å². The van der Waals surface area contributed by atoms with E-state index in [0.717, 1.165) is 18.7 Å². The van der Waals surface area contributed by atoms with Gasteiger partial charge in [-0.15, -0.1) is 0 Å². The van der Waals surface area contributed by atoms with Crippen LogP contribution in [-0.2, 0) is 12.8 Å². The van der Waals surface area contributed by atoms with Gasteiger partial charge in [-0.25, -0.2) is 4.98 Å². The Morgan fingerprint density at radius 3 is 2.50 bits per heavy atom. The lowest BCUT2D eigenvalue weighted by atomic mass is 10.2. The van der Waals surface area contributed by atoms with Gasteiger partial charge in [0, 0.05) is 18.3 Å². The van der Waals surface area contributed by atoms with E-state index in [1.54, 1.807) is 0 Å². The van der Waals surface area contributed by atoms with Crippen LogP contribution in [0.5, 0.6) is 0 Å². The first-order valence-electron chi connectivity index (χ1n) is 5.54. The zero-order valence-corrected chi connectivity index (χ0v) is 10.1. The molecule has 2 nitrogen and oxygen atoms in total. The largest absolute Gasteiger partial charge is 0.277 e. The molecule has 0 spiro atoms. The maximum atomic E-state index is 4.46. The predicted molar refractivity (Wildman–Crippen MR) is 63.8 cm³/mol. The molecule has 0 saturated carbocycles. The molecular formula is C11H20N2S. The molecule has 0 aliphatic heterocycles. The van der Waals surface area contributed by atoms with Gasteiger partial charge in [-0.05, 0) is 19.3 Å². The van der Waals surface area contributed by atoms with Gasteiger partial charge in [0.15, 0.2) is 0 Å². The van der Waals surface area contributed by atoms with Crippen LogP contribution in [0.2, 0.25) is 0 Å². The second-order valence-corrected chi connectivity index (χ2v) is 4.08. The van der Waals surface area contributed by atoms with E-state index in [4.69, 9.17) is 0 Å². The standard InChI is InChI=1S/C11H20N2S/c1-3-5-7-10-9-12-11(13(10)14)8-6-4-2/h9,14H,3-8H2,1-2H3. The van der Waals surface area contributed by atoms with Crippen LogP contribution in [-0.4, -0.2) is 8.96 Å². The number of unbranched alkanes of at least 4 members (excludes halogenated alkanes) is 2. The molecular weight excluding hydrogens is 192 g/mol. The van der Waals surface area contributed by atoms with Gasteiger partial charge in [-0.2, -0.15) is 0 Å². The molecule has 1 heterocycles. The third-order valence-corrected chi connectivity index (χ3v) is 2.91. The van der Waals surface area contributed by atoms with Gasteiger partial charge in [0.1, 0.15) is 5.82 Å². The quantitative estimate of drug-likeness (QED) is 0.717. The molecule has 1 aromatic rings. The van der Waals surface area contributed by atoms with E-state index in [1.165, 1.54) is 31.4 Å². The summed E-state index contributed by atoms with van der Waals surface area (Å²) >= 11 is 4.46. The van der Waals surface area contributed by atoms with Gasteiger partial charge in [-0.1, -0.05) is 39.5 Å². The Morgan fingerprint density at radius 2 is 1.86 bits per heavy atom. The fourth-order valence-electron chi connectivity index (χ4n) is 1.46. The number of aromatic nitrogens is 2. The summed E-state index contributed by atoms with van der Waals surface area (Å²) in [5.74, 6) is 1.11. The molecule has 1 aromatic heterocycles. The molecule has 0 aromatic carbocycles. The van der Waals surface area contributed by atoms with Crippen molar-refractivity contribution in [3.63, 3.8) is 0 Å². The van der Waals surface area contributed by atoms with E-state index in [1.807, 2.05) is 10.2 Å². The fraction of sp³-hybridized carbons (Fsp3) is 0.727. The Bertz CT molecular complexity index is 243. The molecule has 0 saturated heterocycles. The van der Waals surface area contributed by atoms with Crippen LogP contribution in [0.3, 0.4) is 0 Å². The number of hydrogen-bond acceptors (Lipinski definition) is 2. The topological polar surface area (TPSA) is 17.8 Å². The summed E-state index contributed by atoms with van der Waals surface area (Å²) in [5, 5.41) is 0. The molecule has 0 unspecified atom stereocenters. The monoisotopic (exact) mass is 212 g/mol. The van der Waals surface area contributed by atoms with E-state index >= 15 is 0 Å². The normalized spacial score (nSPS) is 10.8. The maximum absolute atomic E-state index is 4.46. The zero-order chi connectivity index (χ0) is 10.4. The Hall–Kier alpha value is -0.440. The van der Waals surface area contributed by atoms with Gasteiger partial charge in [0.05, 0.1) is 0 Å². The average Bonchev–Trinajstić information content (AvgIpc) is 2.54. The number of rotatable bonds is 6. The highest BCUT2D eigenvalue weighted by atomic mass is 32.1. The molecule has 0 atom stereocenters. The van der Waals surface area contributed by atoms with Gasteiger partial charge >= 0.3 is 0 Å². The molecule has 0 bridgehead atoms. The van der Waals surface area contributed by atoms with E-state index in [9.17, 15) is 0 Å². The summed E-state index contributed by atoms with van der Waals surface area (Å²) in [6, 6.07) is 0. The molecule has 0 fully saturated rings. The van der Waals surface area contributed by atoms with Crippen molar-refractivity contribution in [2.45, 2.75) is 52.4 Å². The second kappa shape index (κ2) is 6.12. The van der Waals surface area contributed by atoms with E-state index < -0.39 is 0 Å². The molecule has 80 valence electrons. The first-order chi connectivity index (χ1) is 6.79. The van der Waals surface area contributed by atoms with Crippen molar-refractivity contribution >= 4 is 12.8 Å². The van der Waals surface area contributed by atoms with E-state index in [0.29, 0.717) is 0 Å². The molecule has 0 amide bonds. The molecule has 0 aliphatic rings. The van der Waals surface area contributed by atoms with Crippen LogP contribution in [0.15, 0.2) is 6.20 Å².